The van der Waals surface area contributed by atoms with Gasteiger partial charge in [0.25, 0.3) is 0 Å². The largest absolute Gasteiger partial charge is 0.469 e. The van der Waals surface area contributed by atoms with E-state index in [0.29, 0.717) is 6.04 Å². The molecule has 0 radical (unpaired) electrons. The van der Waals surface area contributed by atoms with Crippen LogP contribution in [0.25, 0.3) is 0 Å². The first-order valence-electron chi connectivity index (χ1n) is 8.03. The van der Waals surface area contributed by atoms with Crippen molar-refractivity contribution in [3.8, 4) is 0 Å². The fourth-order valence-corrected chi connectivity index (χ4v) is 3.55. The third-order valence-electron chi connectivity index (χ3n) is 4.72. The van der Waals surface area contributed by atoms with E-state index in [4.69, 9.17) is 4.42 Å². The minimum absolute atomic E-state index is 0.494. The molecule has 1 aromatic rings. The number of nitrogens with one attached hydrogen (secondary N) is 1. The van der Waals surface area contributed by atoms with E-state index < -0.39 is 0 Å². The summed E-state index contributed by atoms with van der Waals surface area (Å²) in [6, 6.07) is 2.66. The third kappa shape index (κ3) is 3.62. The van der Waals surface area contributed by atoms with E-state index in [1.54, 1.807) is 0 Å². The van der Waals surface area contributed by atoms with Gasteiger partial charge in [0.1, 0.15) is 5.76 Å². The zero-order chi connectivity index (χ0) is 13.7. The minimum Gasteiger partial charge on any atom is -0.469 e. The molecule has 1 heterocycles. The van der Waals surface area contributed by atoms with Crippen molar-refractivity contribution >= 4 is 0 Å². The maximum Gasteiger partial charge on any atom is 0.105 e. The highest BCUT2D eigenvalue weighted by atomic mass is 16.3. The first-order valence-corrected chi connectivity index (χ1v) is 8.03. The second-order valence-corrected chi connectivity index (χ2v) is 6.06. The summed E-state index contributed by atoms with van der Waals surface area (Å²) in [7, 11) is 0. The van der Waals surface area contributed by atoms with E-state index in [9.17, 15) is 0 Å². The maximum atomic E-state index is 5.53. The van der Waals surface area contributed by atoms with Crippen molar-refractivity contribution in [1.29, 1.82) is 0 Å². The molecule has 1 aromatic heterocycles. The quantitative estimate of drug-likeness (QED) is 0.794. The van der Waals surface area contributed by atoms with E-state index in [1.165, 1.54) is 44.1 Å². The van der Waals surface area contributed by atoms with Crippen LogP contribution in [0.15, 0.2) is 16.7 Å². The summed E-state index contributed by atoms with van der Waals surface area (Å²) >= 11 is 0. The number of aryl methyl sites for hydroxylation is 1. The Hall–Kier alpha value is -0.760. The van der Waals surface area contributed by atoms with Crippen LogP contribution in [0.1, 0.15) is 69.7 Å². The summed E-state index contributed by atoms with van der Waals surface area (Å²) in [6.45, 7) is 7.77. The number of hydrogen-bond donors (Lipinski definition) is 1. The standard InChI is InChI=1S/C17H29NO/c1-4-10-18-17(16-9-11-19-13(16)3)15-8-6-7-14(5-2)12-15/h9,11,14-15,17-18H,4-8,10,12H2,1-3H3. The molecular formula is C17H29NO. The molecule has 1 saturated carbocycles. The smallest absolute Gasteiger partial charge is 0.105 e. The van der Waals surface area contributed by atoms with Crippen LogP contribution >= 0.6 is 0 Å². The lowest BCUT2D eigenvalue weighted by molar-refractivity contribution is 0.208. The SMILES string of the molecule is CCCNC(c1ccoc1C)C1CCCC(CC)C1. The highest BCUT2D eigenvalue weighted by Gasteiger charge is 2.29. The fourth-order valence-electron chi connectivity index (χ4n) is 3.55. The topological polar surface area (TPSA) is 25.2 Å². The molecule has 3 atom stereocenters. The molecular weight excluding hydrogens is 234 g/mol. The van der Waals surface area contributed by atoms with Gasteiger partial charge in [0.05, 0.1) is 6.26 Å². The van der Waals surface area contributed by atoms with Gasteiger partial charge in [-0.05, 0) is 50.6 Å². The molecule has 2 heteroatoms. The first kappa shape index (κ1) is 14.6. The van der Waals surface area contributed by atoms with Crippen LogP contribution in [-0.4, -0.2) is 6.54 Å². The zero-order valence-electron chi connectivity index (χ0n) is 12.7. The summed E-state index contributed by atoms with van der Waals surface area (Å²) in [6.07, 6.45) is 9.93. The second kappa shape index (κ2) is 7.14. The van der Waals surface area contributed by atoms with Gasteiger partial charge in [0.15, 0.2) is 0 Å². The molecule has 0 saturated heterocycles. The van der Waals surface area contributed by atoms with Crippen LogP contribution in [-0.2, 0) is 0 Å². The van der Waals surface area contributed by atoms with Crippen LogP contribution in [0.5, 0.6) is 0 Å². The van der Waals surface area contributed by atoms with E-state index in [2.05, 4.69) is 32.2 Å². The van der Waals surface area contributed by atoms with Crippen molar-refractivity contribution in [2.75, 3.05) is 6.54 Å². The van der Waals surface area contributed by atoms with Crippen molar-refractivity contribution in [2.24, 2.45) is 11.8 Å². The average molecular weight is 263 g/mol. The van der Waals surface area contributed by atoms with Gasteiger partial charge in [-0.3, -0.25) is 0 Å². The minimum atomic E-state index is 0.494. The predicted octanol–water partition coefficient (Wildman–Crippen LogP) is 4.85. The predicted molar refractivity (Wildman–Crippen MR) is 80.2 cm³/mol. The molecule has 1 fully saturated rings. The average Bonchev–Trinajstić information content (AvgIpc) is 2.86. The molecule has 1 N–H and O–H groups in total. The Balaban J connectivity index is 2.10. The number of furan rings is 1. The molecule has 0 amide bonds. The highest BCUT2D eigenvalue weighted by Crippen LogP contribution is 2.39. The Morgan fingerprint density at radius 1 is 1.37 bits per heavy atom. The molecule has 1 aliphatic carbocycles. The summed E-state index contributed by atoms with van der Waals surface area (Å²) in [5.74, 6) is 2.80. The molecule has 108 valence electrons. The van der Waals surface area contributed by atoms with Gasteiger partial charge in [-0.25, -0.2) is 0 Å². The van der Waals surface area contributed by atoms with E-state index >= 15 is 0 Å². The van der Waals surface area contributed by atoms with E-state index in [-0.39, 0.29) is 0 Å². The van der Waals surface area contributed by atoms with Gasteiger partial charge in [0.2, 0.25) is 0 Å². The van der Waals surface area contributed by atoms with E-state index in [1.807, 2.05) is 6.26 Å². The number of hydrogen-bond acceptors (Lipinski definition) is 2. The fraction of sp³-hybridized carbons (Fsp3) is 0.765. The van der Waals surface area contributed by atoms with Crippen molar-refractivity contribution in [2.45, 2.75) is 65.3 Å². The zero-order valence-corrected chi connectivity index (χ0v) is 12.7. The van der Waals surface area contributed by atoms with Gasteiger partial charge in [-0.15, -0.1) is 0 Å². The lowest BCUT2D eigenvalue weighted by Gasteiger charge is -2.35. The molecule has 0 spiro atoms. The van der Waals surface area contributed by atoms with Crippen LogP contribution in [0, 0.1) is 18.8 Å². The molecule has 2 rings (SSSR count). The van der Waals surface area contributed by atoms with Crippen LogP contribution in [0.4, 0.5) is 0 Å². The van der Waals surface area contributed by atoms with Gasteiger partial charge in [-0.2, -0.15) is 0 Å². The Labute approximate surface area is 118 Å². The summed E-state index contributed by atoms with van der Waals surface area (Å²) in [4.78, 5) is 0. The lowest BCUT2D eigenvalue weighted by atomic mass is 9.75. The van der Waals surface area contributed by atoms with Crippen molar-refractivity contribution in [3.05, 3.63) is 23.7 Å². The van der Waals surface area contributed by atoms with Crippen molar-refractivity contribution in [3.63, 3.8) is 0 Å². The monoisotopic (exact) mass is 263 g/mol. The molecule has 19 heavy (non-hydrogen) atoms. The second-order valence-electron chi connectivity index (χ2n) is 6.06. The summed E-state index contributed by atoms with van der Waals surface area (Å²) in [5, 5.41) is 3.77. The lowest BCUT2D eigenvalue weighted by Crippen LogP contribution is -2.32. The van der Waals surface area contributed by atoms with Gasteiger partial charge >= 0.3 is 0 Å². The van der Waals surface area contributed by atoms with Crippen LogP contribution < -0.4 is 5.32 Å². The number of rotatable bonds is 6. The van der Waals surface area contributed by atoms with Gasteiger partial charge in [0, 0.05) is 11.6 Å². The van der Waals surface area contributed by atoms with Crippen LogP contribution in [0.3, 0.4) is 0 Å². The normalized spacial score (nSPS) is 25.4. The Morgan fingerprint density at radius 2 is 2.21 bits per heavy atom. The Morgan fingerprint density at radius 3 is 2.84 bits per heavy atom. The van der Waals surface area contributed by atoms with Gasteiger partial charge < -0.3 is 9.73 Å². The Kier molecular flexibility index (Phi) is 5.50. The Bertz CT molecular complexity index is 371. The molecule has 0 aromatic carbocycles. The van der Waals surface area contributed by atoms with Gasteiger partial charge in [-0.1, -0.05) is 33.1 Å². The molecule has 0 bridgehead atoms. The first-order chi connectivity index (χ1) is 9.26. The van der Waals surface area contributed by atoms with Crippen molar-refractivity contribution < 1.29 is 4.42 Å². The van der Waals surface area contributed by atoms with Crippen LogP contribution in [0.2, 0.25) is 0 Å². The van der Waals surface area contributed by atoms with Crippen molar-refractivity contribution in [1.82, 2.24) is 5.32 Å². The summed E-state index contributed by atoms with van der Waals surface area (Å²) in [5.41, 5.74) is 1.38. The van der Waals surface area contributed by atoms with E-state index in [0.717, 1.165) is 24.1 Å². The maximum absolute atomic E-state index is 5.53. The molecule has 0 aliphatic heterocycles. The highest BCUT2D eigenvalue weighted by molar-refractivity contribution is 5.21. The molecule has 2 nitrogen and oxygen atoms in total. The third-order valence-corrected chi connectivity index (χ3v) is 4.72. The molecule has 1 aliphatic rings. The summed E-state index contributed by atoms with van der Waals surface area (Å²) < 4.78 is 5.53. The molecule has 3 unspecified atom stereocenters.